The third-order valence-electron chi connectivity index (χ3n) is 2.93. The third-order valence-corrected chi connectivity index (χ3v) is 3.14. The Morgan fingerprint density at radius 2 is 1.44 bits per heavy atom. The molecule has 0 aliphatic rings. The SMILES string of the molecule is CCN(CC)CCCN(CC)C/C=C/CS. The van der Waals surface area contributed by atoms with Crippen molar-refractivity contribution in [3.8, 4) is 0 Å². The zero-order valence-corrected chi connectivity index (χ0v) is 12.0. The predicted molar refractivity (Wildman–Crippen MR) is 77.5 cm³/mol. The van der Waals surface area contributed by atoms with Gasteiger partial charge in [-0.2, -0.15) is 12.6 Å². The predicted octanol–water partition coefficient (Wildman–Crippen LogP) is 2.53. The van der Waals surface area contributed by atoms with Crippen molar-refractivity contribution in [1.29, 1.82) is 0 Å². The van der Waals surface area contributed by atoms with Gasteiger partial charge in [0.05, 0.1) is 0 Å². The minimum absolute atomic E-state index is 0.844. The minimum Gasteiger partial charge on any atom is -0.304 e. The van der Waals surface area contributed by atoms with Crippen LogP contribution < -0.4 is 0 Å². The second-order valence-corrected chi connectivity index (χ2v) is 4.29. The normalized spacial score (nSPS) is 12.1. The van der Waals surface area contributed by atoms with E-state index in [9.17, 15) is 0 Å². The molecule has 0 aliphatic heterocycles. The molecular formula is C13H28N2S. The summed E-state index contributed by atoms with van der Waals surface area (Å²) in [4.78, 5) is 4.96. The molecule has 0 radical (unpaired) electrons. The van der Waals surface area contributed by atoms with Gasteiger partial charge >= 0.3 is 0 Å². The lowest BCUT2D eigenvalue weighted by Gasteiger charge is -2.22. The lowest BCUT2D eigenvalue weighted by Crippen LogP contribution is -2.30. The van der Waals surface area contributed by atoms with Gasteiger partial charge in [0.1, 0.15) is 0 Å². The Morgan fingerprint density at radius 3 is 1.94 bits per heavy atom. The van der Waals surface area contributed by atoms with Crippen LogP contribution in [-0.2, 0) is 0 Å². The van der Waals surface area contributed by atoms with Crippen molar-refractivity contribution >= 4 is 12.6 Å². The fourth-order valence-electron chi connectivity index (χ4n) is 1.73. The molecule has 0 spiro atoms. The summed E-state index contributed by atoms with van der Waals surface area (Å²) in [6.45, 7) is 13.7. The lowest BCUT2D eigenvalue weighted by atomic mass is 10.3. The summed E-state index contributed by atoms with van der Waals surface area (Å²) in [5.41, 5.74) is 0. The van der Waals surface area contributed by atoms with Crippen molar-refractivity contribution in [3.63, 3.8) is 0 Å². The first kappa shape index (κ1) is 16.0. The molecule has 96 valence electrons. The van der Waals surface area contributed by atoms with Crippen LogP contribution >= 0.6 is 12.6 Å². The second kappa shape index (κ2) is 11.5. The molecule has 0 fully saturated rings. The van der Waals surface area contributed by atoms with Gasteiger partial charge in [0.2, 0.25) is 0 Å². The molecule has 0 saturated heterocycles. The van der Waals surface area contributed by atoms with Crippen molar-refractivity contribution in [3.05, 3.63) is 12.2 Å². The maximum absolute atomic E-state index is 4.16. The summed E-state index contributed by atoms with van der Waals surface area (Å²) in [5.74, 6) is 0.844. The largest absolute Gasteiger partial charge is 0.304 e. The van der Waals surface area contributed by atoms with E-state index in [0.29, 0.717) is 0 Å². The third kappa shape index (κ3) is 8.20. The van der Waals surface area contributed by atoms with E-state index in [-0.39, 0.29) is 0 Å². The molecule has 0 aromatic rings. The molecule has 0 N–H and O–H groups in total. The van der Waals surface area contributed by atoms with E-state index >= 15 is 0 Å². The van der Waals surface area contributed by atoms with Crippen LogP contribution in [0.2, 0.25) is 0 Å². The Morgan fingerprint density at radius 1 is 0.875 bits per heavy atom. The van der Waals surface area contributed by atoms with E-state index in [4.69, 9.17) is 0 Å². The van der Waals surface area contributed by atoms with Crippen LogP contribution in [0, 0.1) is 0 Å². The van der Waals surface area contributed by atoms with E-state index in [1.165, 1.54) is 32.6 Å². The Labute approximate surface area is 107 Å². The molecule has 0 atom stereocenters. The number of rotatable bonds is 10. The summed E-state index contributed by atoms with van der Waals surface area (Å²) in [6, 6.07) is 0. The minimum atomic E-state index is 0.844. The van der Waals surface area contributed by atoms with E-state index in [1.54, 1.807) is 0 Å². The maximum Gasteiger partial charge on any atom is 0.0163 e. The molecule has 0 bridgehead atoms. The molecule has 0 heterocycles. The summed E-state index contributed by atoms with van der Waals surface area (Å²) >= 11 is 4.16. The van der Waals surface area contributed by atoms with E-state index < -0.39 is 0 Å². The first-order valence-corrected chi connectivity index (χ1v) is 7.12. The Hall–Kier alpha value is 0.01000. The molecule has 3 heteroatoms. The Bertz CT molecular complexity index is 167. The number of hydrogen-bond donors (Lipinski definition) is 1. The Kier molecular flexibility index (Phi) is 11.5. The summed E-state index contributed by atoms with van der Waals surface area (Å²) in [7, 11) is 0. The van der Waals surface area contributed by atoms with Crippen LogP contribution in [0.1, 0.15) is 27.2 Å². The fraction of sp³-hybridized carbons (Fsp3) is 0.846. The van der Waals surface area contributed by atoms with Crippen LogP contribution in [0.5, 0.6) is 0 Å². The maximum atomic E-state index is 4.16. The second-order valence-electron chi connectivity index (χ2n) is 3.93. The molecule has 0 saturated carbocycles. The van der Waals surface area contributed by atoms with Gasteiger partial charge in [-0.25, -0.2) is 0 Å². The smallest absolute Gasteiger partial charge is 0.0163 e. The van der Waals surface area contributed by atoms with Crippen LogP contribution in [0.15, 0.2) is 12.2 Å². The van der Waals surface area contributed by atoms with Gasteiger partial charge in [0, 0.05) is 12.3 Å². The number of hydrogen-bond acceptors (Lipinski definition) is 3. The van der Waals surface area contributed by atoms with Gasteiger partial charge in [-0.05, 0) is 39.1 Å². The molecule has 0 aromatic carbocycles. The molecule has 0 amide bonds. The molecular weight excluding hydrogens is 216 g/mol. The monoisotopic (exact) mass is 244 g/mol. The number of likely N-dealkylation sites (N-methyl/N-ethyl adjacent to an activating group) is 1. The van der Waals surface area contributed by atoms with Crippen molar-refractivity contribution < 1.29 is 0 Å². The number of nitrogens with zero attached hydrogens (tertiary/aromatic N) is 2. The van der Waals surface area contributed by atoms with Gasteiger partial charge in [-0.3, -0.25) is 4.90 Å². The highest BCUT2D eigenvalue weighted by atomic mass is 32.1. The first-order chi connectivity index (χ1) is 7.78. The van der Waals surface area contributed by atoms with E-state index in [2.05, 4.69) is 55.4 Å². The van der Waals surface area contributed by atoms with E-state index in [0.717, 1.165) is 18.8 Å². The van der Waals surface area contributed by atoms with Crippen molar-refractivity contribution in [2.45, 2.75) is 27.2 Å². The Balaban J connectivity index is 3.65. The lowest BCUT2D eigenvalue weighted by molar-refractivity contribution is 0.256. The number of thiol groups is 1. The van der Waals surface area contributed by atoms with Gasteiger partial charge in [-0.1, -0.05) is 32.9 Å². The first-order valence-electron chi connectivity index (χ1n) is 6.48. The van der Waals surface area contributed by atoms with Gasteiger partial charge < -0.3 is 4.90 Å². The van der Waals surface area contributed by atoms with Gasteiger partial charge in [0.15, 0.2) is 0 Å². The highest BCUT2D eigenvalue weighted by Gasteiger charge is 2.02. The molecule has 0 aromatic heterocycles. The zero-order valence-electron chi connectivity index (χ0n) is 11.2. The molecule has 2 nitrogen and oxygen atoms in total. The van der Waals surface area contributed by atoms with Gasteiger partial charge in [0.25, 0.3) is 0 Å². The quantitative estimate of drug-likeness (QED) is 0.466. The summed E-state index contributed by atoms with van der Waals surface area (Å²) in [6.07, 6.45) is 5.61. The van der Waals surface area contributed by atoms with Crippen LogP contribution in [0.4, 0.5) is 0 Å². The molecule has 0 unspecified atom stereocenters. The zero-order chi connectivity index (χ0) is 12.2. The fourth-order valence-corrected chi connectivity index (χ4v) is 1.88. The highest BCUT2D eigenvalue weighted by molar-refractivity contribution is 7.80. The average molecular weight is 244 g/mol. The standard InChI is InChI=1S/C13H28N2S/c1-4-14(5-2)11-9-12-15(6-3)10-7-8-13-16/h7-8,16H,4-6,9-13H2,1-3H3/b8-7+. The molecule has 16 heavy (non-hydrogen) atoms. The molecule has 0 aliphatic carbocycles. The van der Waals surface area contributed by atoms with Crippen molar-refractivity contribution in [2.24, 2.45) is 0 Å². The summed E-state index contributed by atoms with van der Waals surface area (Å²) < 4.78 is 0. The van der Waals surface area contributed by atoms with Crippen molar-refractivity contribution in [1.82, 2.24) is 9.80 Å². The summed E-state index contributed by atoms with van der Waals surface area (Å²) in [5, 5.41) is 0. The van der Waals surface area contributed by atoms with Crippen LogP contribution in [0.25, 0.3) is 0 Å². The average Bonchev–Trinajstić information content (AvgIpc) is 2.32. The van der Waals surface area contributed by atoms with Gasteiger partial charge in [-0.15, -0.1) is 0 Å². The van der Waals surface area contributed by atoms with E-state index in [1.807, 2.05) is 0 Å². The van der Waals surface area contributed by atoms with Crippen molar-refractivity contribution in [2.75, 3.05) is 45.0 Å². The molecule has 0 rings (SSSR count). The van der Waals surface area contributed by atoms with Crippen LogP contribution in [0.3, 0.4) is 0 Å². The topological polar surface area (TPSA) is 6.48 Å². The van der Waals surface area contributed by atoms with Crippen LogP contribution in [-0.4, -0.2) is 54.8 Å². The highest BCUT2D eigenvalue weighted by Crippen LogP contribution is 1.96.